The summed E-state index contributed by atoms with van der Waals surface area (Å²) in [5.41, 5.74) is 3.09. The zero-order chi connectivity index (χ0) is 30.8. The molecule has 0 bridgehead atoms. The van der Waals surface area contributed by atoms with Gasteiger partial charge in [-0.05, 0) is 63.9 Å². The van der Waals surface area contributed by atoms with Crippen molar-refractivity contribution in [2.24, 2.45) is 17.6 Å². The number of rotatable bonds is 6. The number of Topliss-reactive ketones (excluding diaryl/α,β-unsaturated/α-hetero) is 2. The van der Waals surface area contributed by atoms with Crippen molar-refractivity contribution in [3.05, 3.63) is 39.7 Å². The molecule has 13 heteroatoms. The van der Waals surface area contributed by atoms with Gasteiger partial charge in [-0.25, -0.2) is 0 Å². The number of hydrogen-bond donors (Lipinski definition) is 7. The van der Waals surface area contributed by atoms with Gasteiger partial charge in [0.15, 0.2) is 11.4 Å². The van der Waals surface area contributed by atoms with Crippen LogP contribution >= 0.6 is 0 Å². The minimum Gasteiger partial charge on any atom is -0.508 e. The van der Waals surface area contributed by atoms with E-state index in [4.69, 9.17) is 5.73 Å². The van der Waals surface area contributed by atoms with Crippen LogP contribution in [0.15, 0.2) is 23.0 Å². The Morgan fingerprint density at radius 1 is 1.17 bits per heavy atom. The highest BCUT2D eigenvalue weighted by atomic mass is 16.3. The van der Waals surface area contributed by atoms with Gasteiger partial charge in [0, 0.05) is 43.4 Å². The molecule has 5 atom stereocenters. The number of carbonyl (C=O) groups is 4. The van der Waals surface area contributed by atoms with E-state index < -0.39 is 58.0 Å². The zero-order valence-electron chi connectivity index (χ0n) is 24.0. The summed E-state index contributed by atoms with van der Waals surface area (Å²) >= 11 is 0. The van der Waals surface area contributed by atoms with Crippen molar-refractivity contribution in [3.8, 4) is 5.75 Å². The number of aromatic hydroxyl groups is 1. The third-order valence-corrected chi connectivity index (χ3v) is 9.09. The molecular formula is C29H37N5O8. The van der Waals surface area contributed by atoms with Gasteiger partial charge in [0.05, 0.1) is 17.6 Å². The van der Waals surface area contributed by atoms with E-state index in [1.54, 1.807) is 39.2 Å². The number of ketones is 2. The Morgan fingerprint density at radius 2 is 1.86 bits per heavy atom. The van der Waals surface area contributed by atoms with Crippen LogP contribution < -0.4 is 21.3 Å². The number of aliphatic hydroxyl groups is 3. The van der Waals surface area contributed by atoms with Crippen LogP contribution in [0.1, 0.15) is 36.0 Å². The molecule has 2 amide bonds. The van der Waals surface area contributed by atoms with E-state index in [0.717, 1.165) is 13.0 Å². The third-order valence-electron chi connectivity index (χ3n) is 9.09. The van der Waals surface area contributed by atoms with Crippen molar-refractivity contribution in [2.45, 2.75) is 49.9 Å². The number of aliphatic hydroxyl groups excluding tert-OH is 2. The van der Waals surface area contributed by atoms with Gasteiger partial charge in [-0.2, -0.15) is 0 Å². The number of phenols is 1. The lowest BCUT2D eigenvalue weighted by molar-refractivity contribution is -0.153. The predicted molar refractivity (Wildman–Crippen MR) is 151 cm³/mol. The number of likely N-dealkylation sites (N-methyl/N-ethyl adjacent to an activating group) is 1. The minimum absolute atomic E-state index is 0.00555. The normalized spacial score (nSPS) is 28.9. The highest BCUT2D eigenvalue weighted by molar-refractivity contribution is 6.24. The number of primary amides is 1. The SMILES string of the molecule is CN(C)c1cc(CNC(=O)C2CCCN2)c(O)c2c1C[C@H]1C[C@H]3[C@H](N(C)C)C(=O)C(C(N)=O)=C(O)[C@@]3(O)C(=O)C1=C2O. The lowest BCUT2D eigenvalue weighted by Gasteiger charge is -2.50. The summed E-state index contributed by atoms with van der Waals surface area (Å²) in [5.74, 6) is -7.23. The van der Waals surface area contributed by atoms with Gasteiger partial charge in [0.2, 0.25) is 11.7 Å². The average Bonchev–Trinajstić information content (AvgIpc) is 3.45. The molecule has 2 fully saturated rings. The van der Waals surface area contributed by atoms with Crippen molar-refractivity contribution >= 4 is 34.8 Å². The Morgan fingerprint density at radius 3 is 2.43 bits per heavy atom. The van der Waals surface area contributed by atoms with Crippen LogP contribution in [0, 0.1) is 11.8 Å². The van der Waals surface area contributed by atoms with Crippen LogP contribution in [0.3, 0.4) is 0 Å². The van der Waals surface area contributed by atoms with Crippen LogP contribution in [-0.4, -0.2) is 101 Å². The molecule has 1 unspecified atom stereocenters. The zero-order valence-corrected chi connectivity index (χ0v) is 24.0. The fourth-order valence-electron chi connectivity index (χ4n) is 7.09. The standard InChI is InChI=1S/C29H37N5O8/c1-33(2)17-10-13(11-32-28(41)16-6-5-7-31-16)22(35)19-14(17)8-12-9-15-21(34(3)4)24(37)20(27(30)40)26(39)29(15,42)25(38)18(12)23(19)36/h10,12,15-16,21,31,35-36,39,42H,5-9,11H2,1-4H3,(H2,30,40)(H,32,41)/t12-,15-,16?,21-,29-/m0/s1. The van der Waals surface area contributed by atoms with Crippen molar-refractivity contribution in [1.82, 2.24) is 15.5 Å². The second-order valence-electron chi connectivity index (χ2n) is 12.0. The van der Waals surface area contributed by atoms with Crippen molar-refractivity contribution < 1.29 is 39.6 Å². The van der Waals surface area contributed by atoms with Crippen molar-refractivity contribution in [2.75, 3.05) is 39.6 Å². The summed E-state index contributed by atoms with van der Waals surface area (Å²) < 4.78 is 0. The molecule has 0 radical (unpaired) electrons. The van der Waals surface area contributed by atoms with Crippen LogP contribution in [0.25, 0.3) is 5.76 Å². The van der Waals surface area contributed by atoms with Crippen LogP contribution in [0.2, 0.25) is 0 Å². The Balaban J connectivity index is 1.63. The number of nitrogens with one attached hydrogen (secondary N) is 2. The Kier molecular flexibility index (Phi) is 7.32. The van der Waals surface area contributed by atoms with Crippen LogP contribution in [0.4, 0.5) is 5.69 Å². The Hall–Kier alpha value is -3.94. The van der Waals surface area contributed by atoms with Gasteiger partial charge >= 0.3 is 0 Å². The summed E-state index contributed by atoms with van der Waals surface area (Å²) in [6, 6.07) is 0.239. The molecule has 1 aromatic carbocycles. The molecule has 1 saturated carbocycles. The van der Waals surface area contributed by atoms with E-state index in [1.165, 1.54) is 4.90 Å². The molecule has 5 rings (SSSR count). The van der Waals surface area contributed by atoms with E-state index in [9.17, 15) is 39.6 Å². The van der Waals surface area contributed by atoms with E-state index in [0.29, 0.717) is 23.2 Å². The van der Waals surface area contributed by atoms with Gasteiger partial charge in [-0.15, -0.1) is 0 Å². The summed E-state index contributed by atoms with van der Waals surface area (Å²) in [6.07, 6.45) is 1.76. The molecule has 1 saturated heterocycles. The number of hydrogen-bond acceptors (Lipinski definition) is 11. The predicted octanol–water partition coefficient (Wildman–Crippen LogP) is -0.602. The van der Waals surface area contributed by atoms with Gasteiger partial charge in [-0.3, -0.25) is 24.1 Å². The minimum atomic E-state index is -2.70. The number of amides is 2. The molecule has 4 aliphatic rings. The summed E-state index contributed by atoms with van der Waals surface area (Å²) in [5, 5.41) is 51.7. The van der Waals surface area contributed by atoms with Gasteiger partial charge in [-0.1, -0.05) is 0 Å². The number of fused-ring (bicyclic) bond motifs is 3. The molecule has 42 heavy (non-hydrogen) atoms. The fourth-order valence-corrected chi connectivity index (χ4v) is 7.09. The van der Waals surface area contributed by atoms with Gasteiger partial charge in [0.1, 0.15) is 22.8 Å². The molecule has 8 N–H and O–H groups in total. The lowest BCUT2D eigenvalue weighted by Crippen LogP contribution is -2.65. The molecule has 13 nitrogen and oxygen atoms in total. The summed E-state index contributed by atoms with van der Waals surface area (Å²) in [6.45, 7) is 0.701. The molecule has 1 aromatic rings. The van der Waals surface area contributed by atoms with Crippen molar-refractivity contribution in [1.29, 1.82) is 0 Å². The largest absolute Gasteiger partial charge is 0.508 e. The summed E-state index contributed by atoms with van der Waals surface area (Å²) in [4.78, 5) is 55.4. The quantitative estimate of drug-likeness (QED) is 0.211. The lowest BCUT2D eigenvalue weighted by atomic mass is 9.57. The summed E-state index contributed by atoms with van der Waals surface area (Å²) in [7, 11) is 6.68. The van der Waals surface area contributed by atoms with Crippen LogP contribution in [-0.2, 0) is 32.1 Å². The molecule has 1 heterocycles. The number of benzene rings is 1. The van der Waals surface area contributed by atoms with E-state index >= 15 is 0 Å². The maximum absolute atomic E-state index is 14.1. The molecule has 226 valence electrons. The second-order valence-corrected chi connectivity index (χ2v) is 12.0. The Labute approximate surface area is 242 Å². The van der Waals surface area contributed by atoms with Crippen LogP contribution in [0.5, 0.6) is 5.75 Å². The monoisotopic (exact) mass is 583 g/mol. The molecule has 0 aromatic heterocycles. The first-order chi connectivity index (χ1) is 19.7. The number of carbonyl (C=O) groups excluding carboxylic acids is 4. The first-order valence-corrected chi connectivity index (χ1v) is 13.9. The molecule has 3 aliphatic carbocycles. The molecular weight excluding hydrogens is 546 g/mol. The topological polar surface area (TPSA) is 206 Å². The number of phenolic OH excluding ortho intramolecular Hbond substituents is 1. The van der Waals surface area contributed by atoms with E-state index in [2.05, 4.69) is 10.6 Å². The maximum Gasteiger partial charge on any atom is 0.255 e. The average molecular weight is 584 g/mol. The second kappa shape index (κ2) is 10.4. The van der Waals surface area contributed by atoms with E-state index in [-0.39, 0.29) is 48.2 Å². The first kappa shape index (κ1) is 29.5. The van der Waals surface area contributed by atoms with Crippen molar-refractivity contribution in [3.63, 3.8) is 0 Å². The maximum atomic E-state index is 14.1. The molecule has 0 spiro atoms. The van der Waals surface area contributed by atoms with Gasteiger partial charge < -0.3 is 41.7 Å². The number of nitrogens with zero attached hydrogens (tertiary/aromatic N) is 2. The van der Waals surface area contributed by atoms with E-state index in [1.807, 2.05) is 0 Å². The number of anilines is 1. The smallest absolute Gasteiger partial charge is 0.255 e. The third kappa shape index (κ3) is 4.26. The molecule has 1 aliphatic heterocycles. The highest BCUT2D eigenvalue weighted by Gasteiger charge is 2.64. The van der Waals surface area contributed by atoms with Gasteiger partial charge in [0.25, 0.3) is 5.91 Å². The first-order valence-electron chi connectivity index (χ1n) is 13.9. The fraction of sp³-hybridized carbons (Fsp3) is 0.517. The number of nitrogens with two attached hydrogens (primary N) is 1. The Bertz CT molecular complexity index is 1460. The highest BCUT2D eigenvalue weighted by Crippen LogP contribution is 2.54.